The molecule has 27 heavy (non-hydrogen) atoms. The molecule has 0 radical (unpaired) electrons. The molecule has 0 saturated carbocycles. The van der Waals surface area contributed by atoms with Gasteiger partial charge in [0.05, 0.1) is 5.56 Å². The number of ketones is 1. The molecule has 0 N–H and O–H groups in total. The molecule has 142 valence electrons. The fourth-order valence-corrected chi connectivity index (χ4v) is 3.53. The minimum Gasteiger partial charge on any atom is -0.477 e. The van der Waals surface area contributed by atoms with Crippen LogP contribution in [-0.2, 0) is 11.3 Å². The molecule has 2 aliphatic heterocycles. The molecular weight excluding hydrogens is 346 g/mol. The average molecular weight is 369 g/mol. The highest BCUT2D eigenvalue weighted by molar-refractivity contribution is 6.15. The number of furan rings is 1. The molecule has 0 aliphatic carbocycles. The number of fused-ring (bicyclic) bond motifs is 2. The highest BCUT2D eigenvalue weighted by Gasteiger charge is 2.33. The van der Waals surface area contributed by atoms with Gasteiger partial charge in [0.2, 0.25) is 5.78 Å². The zero-order chi connectivity index (χ0) is 19.0. The van der Waals surface area contributed by atoms with Gasteiger partial charge in [-0.2, -0.15) is 0 Å². The van der Waals surface area contributed by atoms with Crippen LogP contribution in [0.3, 0.4) is 0 Å². The number of allylic oxidation sites excluding steroid dienone is 1. The Balaban J connectivity index is 1.60. The van der Waals surface area contributed by atoms with E-state index in [1.54, 1.807) is 13.2 Å². The highest BCUT2D eigenvalue weighted by atomic mass is 16.5. The second kappa shape index (κ2) is 7.21. The third-order valence-electron chi connectivity index (χ3n) is 4.86. The molecule has 2 aromatic rings. The number of methoxy groups -OCH3 is 1. The molecule has 0 amide bonds. The summed E-state index contributed by atoms with van der Waals surface area (Å²) in [6, 6.07) is 5.58. The van der Waals surface area contributed by atoms with Crippen molar-refractivity contribution in [2.24, 2.45) is 0 Å². The van der Waals surface area contributed by atoms with Gasteiger partial charge in [0.25, 0.3) is 0 Å². The Bertz CT molecular complexity index is 912. The van der Waals surface area contributed by atoms with Crippen LogP contribution in [0, 0.1) is 13.8 Å². The summed E-state index contributed by atoms with van der Waals surface area (Å²) < 4.78 is 22.5. The fourth-order valence-electron chi connectivity index (χ4n) is 3.53. The summed E-state index contributed by atoms with van der Waals surface area (Å²) in [5.74, 6) is 2.95. The van der Waals surface area contributed by atoms with E-state index in [2.05, 4.69) is 4.90 Å². The van der Waals surface area contributed by atoms with Crippen molar-refractivity contribution >= 4 is 11.9 Å². The number of nitrogens with zero attached hydrogens (tertiary/aromatic N) is 1. The van der Waals surface area contributed by atoms with Crippen LogP contribution in [0.4, 0.5) is 0 Å². The van der Waals surface area contributed by atoms with Gasteiger partial charge in [0.15, 0.2) is 5.76 Å². The number of carbonyl (C=O) groups is 1. The Morgan fingerprint density at radius 3 is 2.85 bits per heavy atom. The molecule has 6 nitrogen and oxygen atoms in total. The minimum atomic E-state index is -0.124. The maximum atomic E-state index is 12.8. The van der Waals surface area contributed by atoms with Crippen molar-refractivity contribution in [3.8, 4) is 11.5 Å². The molecule has 1 aromatic carbocycles. The largest absolute Gasteiger partial charge is 0.477 e. The summed E-state index contributed by atoms with van der Waals surface area (Å²) >= 11 is 0. The van der Waals surface area contributed by atoms with Gasteiger partial charge in [-0.15, -0.1) is 0 Å². The van der Waals surface area contributed by atoms with Crippen LogP contribution < -0.4 is 9.47 Å². The summed E-state index contributed by atoms with van der Waals surface area (Å²) in [5.41, 5.74) is 2.47. The van der Waals surface area contributed by atoms with Crippen LogP contribution in [0.15, 0.2) is 28.4 Å². The number of benzene rings is 1. The Hall–Kier alpha value is -2.57. The predicted molar refractivity (Wildman–Crippen MR) is 100.0 cm³/mol. The first-order valence-corrected chi connectivity index (χ1v) is 9.08. The van der Waals surface area contributed by atoms with E-state index < -0.39 is 0 Å². The summed E-state index contributed by atoms with van der Waals surface area (Å²) in [7, 11) is 1.70. The summed E-state index contributed by atoms with van der Waals surface area (Å²) in [6.45, 7) is 6.68. The summed E-state index contributed by atoms with van der Waals surface area (Å²) in [4.78, 5) is 15.0. The van der Waals surface area contributed by atoms with Gasteiger partial charge in [-0.1, -0.05) is 0 Å². The first kappa shape index (κ1) is 17.8. The first-order chi connectivity index (χ1) is 13.1. The lowest BCUT2D eigenvalue weighted by molar-refractivity contribution is 0.0826. The average Bonchev–Trinajstić information content (AvgIpc) is 3.20. The number of carbonyl (C=O) groups excluding carboxylic acids is 1. The van der Waals surface area contributed by atoms with Gasteiger partial charge >= 0.3 is 0 Å². The number of ether oxygens (including phenoxy) is 3. The summed E-state index contributed by atoms with van der Waals surface area (Å²) in [5, 5.41) is 0. The quantitative estimate of drug-likeness (QED) is 0.592. The van der Waals surface area contributed by atoms with Crippen molar-refractivity contribution in [1.29, 1.82) is 0 Å². The number of hydrogen-bond acceptors (Lipinski definition) is 6. The normalized spacial score (nSPS) is 17.6. The number of rotatable bonds is 5. The van der Waals surface area contributed by atoms with Crippen molar-refractivity contribution in [3.05, 3.63) is 52.2 Å². The maximum Gasteiger partial charge on any atom is 0.232 e. The standard InChI is InChI=1S/C21H23NO5/c1-13-5-6-16(26-13)10-18-19(23)17-9-15-11-22(7-4-8-24-3)12-25-20(15)14(2)21(17)27-18/h5-6,9-10H,4,7-8,11-12H2,1-3H3/b18-10-. The topological polar surface area (TPSA) is 61.1 Å². The van der Waals surface area contributed by atoms with Crippen molar-refractivity contribution < 1.29 is 23.4 Å². The molecule has 1 aromatic heterocycles. The molecule has 0 saturated heterocycles. The SMILES string of the molecule is COCCCN1COc2c(cc3c(c2C)O/C(=C\c2ccc(C)o2)C3=O)C1. The van der Waals surface area contributed by atoms with Gasteiger partial charge in [0, 0.05) is 44.0 Å². The van der Waals surface area contributed by atoms with Crippen LogP contribution in [0.5, 0.6) is 11.5 Å². The van der Waals surface area contributed by atoms with Crippen molar-refractivity contribution in [2.45, 2.75) is 26.8 Å². The van der Waals surface area contributed by atoms with Crippen molar-refractivity contribution in [3.63, 3.8) is 0 Å². The van der Waals surface area contributed by atoms with Crippen molar-refractivity contribution in [1.82, 2.24) is 4.90 Å². The van der Waals surface area contributed by atoms with Gasteiger partial charge in [0.1, 0.15) is 29.8 Å². The summed E-state index contributed by atoms with van der Waals surface area (Å²) in [6.07, 6.45) is 2.59. The molecule has 2 aliphatic rings. The molecule has 6 heteroatoms. The monoisotopic (exact) mass is 369 g/mol. The van der Waals surface area contributed by atoms with E-state index >= 15 is 0 Å². The molecule has 4 rings (SSSR count). The molecule has 0 unspecified atom stereocenters. The Morgan fingerprint density at radius 2 is 2.11 bits per heavy atom. The van der Waals surface area contributed by atoms with Crippen LogP contribution >= 0.6 is 0 Å². The first-order valence-electron chi connectivity index (χ1n) is 9.08. The number of aryl methyl sites for hydroxylation is 1. The molecular formula is C21H23NO5. The molecule has 0 bridgehead atoms. The van der Waals surface area contributed by atoms with Crippen LogP contribution in [0.2, 0.25) is 0 Å². The van der Waals surface area contributed by atoms with Crippen LogP contribution in [-0.4, -0.2) is 37.7 Å². The van der Waals surface area contributed by atoms with E-state index in [9.17, 15) is 4.79 Å². The minimum absolute atomic E-state index is 0.124. The third-order valence-corrected chi connectivity index (χ3v) is 4.86. The van der Waals surface area contributed by atoms with E-state index in [1.807, 2.05) is 32.0 Å². The van der Waals surface area contributed by atoms with Gasteiger partial charge in [-0.05, 0) is 38.5 Å². The second-order valence-corrected chi connectivity index (χ2v) is 6.93. The van der Waals surface area contributed by atoms with E-state index in [0.29, 0.717) is 23.8 Å². The van der Waals surface area contributed by atoms with E-state index in [0.717, 1.165) is 48.8 Å². The Labute approximate surface area is 158 Å². The van der Waals surface area contributed by atoms with E-state index in [1.165, 1.54) is 0 Å². The molecule has 3 heterocycles. The maximum absolute atomic E-state index is 12.8. The zero-order valence-corrected chi connectivity index (χ0v) is 15.8. The van der Waals surface area contributed by atoms with Crippen LogP contribution in [0.25, 0.3) is 6.08 Å². The third kappa shape index (κ3) is 3.38. The fraction of sp³-hybridized carbons (Fsp3) is 0.381. The van der Waals surface area contributed by atoms with Gasteiger partial charge in [-0.25, -0.2) is 0 Å². The molecule has 0 atom stereocenters. The predicted octanol–water partition coefficient (Wildman–Crippen LogP) is 3.70. The number of hydrogen-bond donors (Lipinski definition) is 0. The van der Waals surface area contributed by atoms with Crippen LogP contribution in [0.1, 0.15) is 39.4 Å². The van der Waals surface area contributed by atoms with Gasteiger partial charge in [-0.3, -0.25) is 9.69 Å². The lowest BCUT2D eigenvalue weighted by atomic mass is 10.00. The molecule has 0 spiro atoms. The molecule has 0 fully saturated rings. The highest BCUT2D eigenvalue weighted by Crippen LogP contribution is 2.43. The lowest BCUT2D eigenvalue weighted by Crippen LogP contribution is -2.33. The second-order valence-electron chi connectivity index (χ2n) is 6.93. The smallest absolute Gasteiger partial charge is 0.232 e. The van der Waals surface area contributed by atoms with E-state index in [-0.39, 0.29) is 11.5 Å². The number of Topliss-reactive ketones (excluding diaryl/α,β-unsaturated/α-hetero) is 1. The Morgan fingerprint density at radius 1 is 1.26 bits per heavy atom. The van der Waals surface area contributed by atoms with Gasteiger partial charge < -0.3 is 18.6 Å². The Kier molecular flexibility index (Phi) is 4.76. The zero-order valence-electron chi connectivity index (χ0n) is 15.8. The van der Waals surface area contributed by atoms with E-state index in [4.69, 9.17) is 18.6 Å². The lowest BCUT2D eigenvalue weighted by Gasteiger charge is -2.30. The van der Waals surface area contributed by atoms with Crippen molar-refractivity contribution in [2.75, 3.05) is 27.0 Å².